The van der Waals surface area contributed by atoms with Gasteiger partial charge in [-0.15, -0.1) is 0 Å². The van der Waals surface area contributed by atoms with Crippen molar-refractivity contribution in [2.75, 3.05) is 13.7 Å². The second-order valence-electron chi connectivity index (χ2n) is 4.51. The van der Waals surface area contributed by atoms with Crippen molar-refractivity contribution in [3.63, 3.8) is 0 Å². The molecule has 0 aromatic carbocycles. The molecule has 0 aliphatic carbocycles. The van der Waals surface area contributed by atoms with Crippen LogP contribution in [0.15, 0.2) is 0 Å². The van der Waals surface area contributed by atoms with Crippen LogP contribution in [0.5, 0.6) is 0 Å². The average molecular weight is 257 g/mol. The first-order valence-corrected chi connectivity index (χ1v) is 6.02. The summed E-state index contributed by atoms with van der Waals surface area (Å²) in [4.78, 5) is 36.1. The van der Waals surface area contributed by atoms with Crippen molar-refractivity contribution < 1.29 is 24.2 Å². The van der Waals surface area contributed by atoms with Crippen molar-refractivity contribution in [2.24, 2.45) is 5.41 Å². The van der Waals surface area contributed by atoms with Crippen molar-refractivity contribution in [3.05, 3.63) is 0 Å². The Balaban J connectivity index is 2.82. The number of carbonyl (C=O) groups is 3. The molecule has 1 unspecified atom stereocenters. The highest BCUT2D eigenvalue weighted by Gasteiger charge is 2.49. The molecule has 0 aromatic heterocycles. The number of methoxy groups -OCH3 is 1. The van der Waals surface area contributed by atoms with Gasteiger partial charge in [0.1, 0.15) is 0 Å². The Morgan fingerprint density at radius 3 is 2.39 bits per heavy atom. The first kappa shape index (κ1) is 14.6. The van der Waals surface area contributed by atoms with Crippen molar-refractivity contribution in [1.82, 2.24) is 4.90 Å². The normalized spacial score (nSPS) is 20.1. The number of imide groups is 1. The van der Waals surface area contributed by atoms with Gasteiger partial charge in [-0.1, -0.05) is 13.8 Å². The Labute approximate surface area is 106 Å². The van der Waals surface area contributed by atoms with Crippen LogP contribution in [0.3, 0.4) is 0 Å². The third-order valence-electron chi connectivity index (χ3n) is 3.67. The van der Waals surface area contributed by atoms with Crippen LogP contribution in [0.1, 0.15) is 33.1 Å². The number of ether oxygens (including phenoxy) is 1. The molecule has 0 spiro atoms. The molecular weight excluding hydrogens is 238 g/mol. The minimum atomic E-state index is -1.48. The highest BCUT2D eigenvalue weighted by Crippen LogP contribution is 2.39. The Hall–Kier alpha value is -1.43. The predicted octanol–water partition coefficient (Wildman–Crippen LogP) is 0.0856. The van der Waals surface area contributed by atoms with E-state index >= 15 is 0 Å². The van der Waals surface area contributed by atoms with E-state index in [9.17, 15) is 19.5 Å². The maximum Gasteiger partial charge on any atom is 0.336 e. The number of rotatable bonds is 5. The molecule has 2 amide bonds. The van der Waals surface area contributed by atoms with Crippen molar-refractivity contribution in [2.45, 2.75) is 39.2 Å². The zero-order valence-electron chi connectivity index (χ0n) is 10.9. The van der Waals surface area contributed by atoms with Crippen molar-refractivity contribution in [3.8, 4) is 0 Å². The van der Waals surface area contributed by atoms with E-state index in [1.54, 1.807) is 0 Å². The number of likely N-dealkylation sites (tertiary alicyclic amines) is 1. The molecular formula is C12H19NO5. The lowest BCUT2D eigenvalue weighted by molar-refractivity contribution is -0.154. The quantitative estimate of drug-likeness (QED) is 0.557. The molecule has 1 aliphatic rings. The second kappa shape index (κ2) is 5.48. The molecule has 0 aromatic rings. The summed E-state index contributed by atoms with van der Waals surface area (Å²) < 4.78 is 4.36. The number of hydrogen-bond acceptors (Lipinski definition) is 5. The summed E-state index contributed by atoms with van der Waals surface area (Å²) in [6.07, 6.45) is -0.197. The third kappa shape index (κ3) is 2.38. The van der Waals surface area contributed by atoms with Gasteiger partial charge in [0.15, 0.2) is 6.10 Å². The van der Waals surface area contributed by atoms with Crippen LogP contribution in [0.25, 0.3) is 0 Å². The fourth-order valence-electron chi connectivity index (χ4n) is 2.23. The summed E-state index contributed by atoms with van der Waals surface area (Å²) in [5.41, 5.74) is -0.674. The first-order valence-electron chi connectivity index (χ1n) is 6.02. The van der Waals surface area contributed by atoms with Gasteiger partial charge in [0.2, 0.25) is 11.8 Å². The van der Waals surface area contributed by atoms with Gasteiger partial charge >= 0.3 is 5.97 Å². The Bertz CT molecular complexity index is 361. The molecule has 6 nitrogen and oxygen atoms in total. The summed E-state index contributed by atoms with van der Waals surface area (Å²) in [5.74, 6) is -1.49. The van der Waals surface area contributed by atoms with Crippen LogP contribution in [0, 0.1) is 5.41 Å². The van der Waals surface area contributed by atoms with Gasteiger partial charge in [0.05, 0.1) is 19.1 Å². The molecule has 1 heterocycles. The van der Waals surface area contributed by atoms with Crippen LogP contribution in [0.2, 0.25) is 0 Å². The lowest BCUT2D eigenvalue weighted by Gasteiger charge is -2.24. The van der Waals surface area contributed by atoms with E-state index < -0.39 is 17.5 Å². The fourth-order valence-corrected chi connectivity index (χ4v) is 2.23. The number of esters is 1. The topological polar surface area (TPSA) is 83.9 Å². The number of hydrogen-bond donors (Lipinski definition) is 1. The minimum Gasteiger partial charge on any atom is -0.467 e. The van der Waals surface area contributed by atoms with Gasteiger partial charge in [-0.2, -0.15) is 0 Å². The highest BCUT2D eigenvalue weighted by atomic mass is 16.5. The van der Waals surface area contributed by atoms with Crippen LogP contribution < -0.4 is 0 Å². The molecule has 0 bridgehead atoms. The van der Waals surface area contributed by atoms with E-state index in [0.717, 1.165) is 12.0 Å². The number of β-amino-alcohol motifs (C(OH)–C–C–N with tert-alkyl or cyclic N) is 1. The number of aliphatic hydroxyl groups excluding tert-OH is 1. The zero-order valence-corrected chi connectivity index (χ0v) is 10.9. The van der Waals surface area contributed by atoms with E-state index in [1.165, 1.54) is 0 Å². The second-order valence-corrected chi connectivity index (χ2v) is 4.51. The molecule has 18 heavy (non-hydrogen) atoms. The number of amides is 2. The summed E-state index contributed by atoms with van der Waals surface area (Å²) in [6, 6.07) is 0. The molecule has 1 N–H and O–H groups in total. The van der Waals surface area contributed by atoms with Gasteiger partial charge in [-0.05, 0) is 12.8 Å². The van der Waals surface area contributed by atoms with Gasteiger partial charge < -0.3 is 9.84 Å². The maximum atomic E-state index is 12.2. The van der Waals surface area contributed by atoms with Crippen LogP contribution in [0.4, 0.5) is 0 Å². The SMILES string of the molecule is CCC1(CC)CC(=O)N(CC(O)C(=O)OC)C1=O. The Morgan fingerprint density at radius 1 is 1.44 bits per heavy atom. The number of carbonyl (C=O) groups excluding carboxylic acids is 3. The average Bonchev–Trinajstić information content (AvgIpc) is 2.62. The number of aliphatic hydroxyl groups is 1. The summed E-state index contributed by atoms with van der Waals surface area (Å²) in [7, 11) is 1.14. The first-order chi connectivity index (χ1) is 8.41. The molecule has 1 saturated heterocycles. The largest absolute Gasteiger partial charge is 0.467 e. The molecule has 1 rings (SSSR count). The van der Waals surface area contributed by atoms with Gasteiger partial charge in [0.25, 0.3) is 0 Å². The monoisotopic (exact) mass is 257 g/mol. The van der Waals surface area contributed by atoms with E-state index in [-0.39, 0.29) is 24.8 Å². The van der Waals surface area contributed by atoms with Gasteiger partial charge in [-0.3, -0.25) is 14.5 Å². The molecule has 102 valence electrons. The Kier molecular flexibility index (Phi) is 4.45. The molecule has 1 aliphatic heterocycles. The highest BCUT2D eigenvalue weighted by molar-refractivity contribution is 6.06. The van der Waals surface area contributed by atoms with Gasteiger partial charge in [-0.25, -0.2) is 4.79 Å². The summed E-state index contributed by atoms with van der Waals surface area (Å²) >= 11 is 0. The smallest absolute Gasteiger partial charge is 0.336 e. The van der Waals surface area contributed by atoms with E-state index in [0.29, 0.717) is 12.8 Å². The standard InChI is InChI=1S/C12H19NO5/c1-4-12(5-2)6-9(15)13(11(12)17)7-8(14)10(16)18-3/h8,14H,4-7H2,1-3H3. The summed E-state index contributed by atoms with van der Waals surface area (Å²) in [6.45, 7) is 3.38. The molecule has 1 fully saturated rings. The van der Waals surface area contributed by atoms with Crippen LogP contribution >= 0.6 is 0 Å². The third-order valence-corrected chi connectivity index (χ3v) is 3.67. The molecule has 6 heteroatoms. The number of nitrogens with zero attached hydrogens (tertiary/aromatic N) is 1. The van der Waals surface area contributed by atoms with Crippen LogP contribution in [-0.4, -0.2) is 47.5 Å². The van der Waals surface area contributed by atoms with Crippen molar-refractivity contribution >= 4 is 17.8 Å². The molecule has 1 atom stereocenters. The summed E-state index contributed by atoms with van der Waals surface area (Å²) in [5, 5.41) is 9.51. The van der Waals surface area contributed by atoms with E-state index in [1.807, 2.05) is 13.8 Å². The molecule has 0 saturated carbocycles. The Morgan fingerprint density at radius 2 is 2.00 bits per heavy atom. The predicted molar refractivity (Wildman–Crippen MR) is 62.4 cm³/mol. The zero-order chi connectivity index (χ0) is 13.9. The maximum absolute atomic E-state index is 12.2. The van der Waals surface area contributed by atoms with Crippen LogP contribution in [-0.2, 0) is 19.1 Å². The van der Waals surface area contributed by atoms with E-state index in [2.05, 4.69) is 4.74 Å². The van der Waals surface area contributed by atoms with Gasteiger partial charge in [0, 0.05) is 6.42 Å². The minimum absolute atomic E-state index is 0.146. The van der Waals surface area contributed by atoms with Crippen molar-refractivity contribution in [1.29, 1.82) is 0 Å². The van der Waals surface area contributed by atoms with E-state index in [4.69, 9.17) is 0 Å². The lowest BCUT2D eigenvalue weighted by Crippen LogP contribution is -2.42. The lowest BCUT2D eigenvalue weighted by atomic mass is 9.81. The fraction of sp³-hybridized carbons (Fsp3) is 0.750. The molecule has 0 radical (unpaired) electrons.